The van der Waals surface area contributed by atoms with Crippen LogP contribution in [0.3, 0.4) is 0 Å². The van der Waals surface area contributed by atoms with E-state index in [1.165, 1.54) is 0 Å². The van der Waals surface area contributed by atoms with Crippen molar-refractivity contribution in [3.05, 3.63) is 60.8 Å². The van der Waals surface area contributed by atoms with Gasteiger partial charge < -0.3 is 0 Å². The Balaban J connectivity index is 4.48. The van der Waals surface area contributed by atoms with Crippen LogP contribution in [0.25, 0.3) is 0 Å². The Hall–Kier alpha value is -1.63. The number of carbonyl (C=O) groups excluding carboxylic acids is 1. The van der Waals surface area contributed by atoms with E-state index in [9.17, 15) is 4.79 Å². The second kappa shape index (κ2) is 7.04. The fourth-order valence-electron chi connectivity index (χ4n) is 0.728. The quantitative estimate of drug-likeness (QED) is 0.356. The minimum Gasteiger partial charge on any atom is -0.298 e. The van der Waals surface area contributed by atoms with Gasteiger partial charge in [-0.25, -0.2) is 0 Å². The molecule has 0 aromatic rings. The zero-order valence-corrected chi connectivity index (χ0v) is 7.86. The van der Waals surface area contributed by atoms with E-state index < -0.39 is 0 Å². The normalized spacial score (nSPS) is 12.2. The van der Waals surface area contributed by atoms with Crippen LogP contribution >= 0.6 is 0 Å². The van der Waals surface area contributed by atoms with Gasteiger partial charge in [0.15, 0.2) is 6.29 Å². The van der Waals surface area contributed by atoms with Crippen molar-refractivity contribution in [2.45, 2.75) is 6.92 Å². The molecule has 0 radical (unpaired) electrons. The van der Waals surface area contributed by atoms with Gasteiger partial charge in [-0.3, -0.25) is 4.79 Å². The fourth-order valence-corrected chi connectivity index (χ4v) is 0.728. The van der Waals surface area contributed by atoms with Gasteiger partial charge in [0.1, 0.15) is 0 Å². The molecule has 68 valence electrons. The lowest BCUT2D eigenvalue weighted by molar-refractivity contribution is -0.104. The van der Waals surface area contributed by atoms with Crippen molar-refractivity contribution in [1.29, 1.82) is 0 Å². The largest absolute Gasteiger partial charge is 0.298 e. The predicted molar refractivity (Wildman–Crippen MR) is 57.4 cm³/mol. The van der Waals surface area contributed by atoms with Gasteiger partial charge in [0, 0.05) is 5.57 Å². The highest BCUT2D eigenvalue weighted by molar-refractivity contribution is 5.81. The molecule has 0 atom stereocenters. The lowest BCUT2D eigenvalue weighted by atomic mass is 10.1. The summed E-state index contributed by atoms with van der Waals surface area (Å²) < 4.78 is 0. The molecular formula is C12H14O. The zero-order valence-electron chi connectivity index (χ0n) is 7.86. The lowest BCUT2D eigenvalue weighted by Crippen LogP contribution is -1.85. The third-order valence-electron chi connectivity index (χ3n) is 1.40. The van der Waals surface area contributed by atoms with E-state index >= 15 is 0 Å². The molecule has 1 heteroatoms. The monoisotopic (exact) mass is 174 g/mol. The summed E-state index contributed by atoms with van der Waals surface area (Å²) in [6.07, 6.45) is 11.4. The van der Waals surface area contributed by atoms with Crippen molar-refractivity contribution in [2.24, 2.45) is 0 Å². The highest BCUT2D eigenvalue weighted by Crippen LogP contribution is 2.06. The maximum atomic E-state index is 10.5. The molecule has 0 spiro atoms. The summed E-state index contributed by atoms with van der Waals surface area (Å²) in [4.78, 5) is 10.5. The third kappa shape index (κ3) is 4.75. The molecule has 0 fully saturated rings. The van der Waals surface area contributed by atoms with E-state index in [-0.39, 0.29) is 0 Å². The van der Waals surface area contributed by atoms with Crippen LogP contribution in [0.1, 0.15) is 6.92 Å². The molecule has 0 aromatic heterocycles. The molecule has 0 unspecified atom stereocenters. The predicted octanol–water partition coefficient (Wildman–Crippen LogP) is 2.99. The molecule has 0 amide bonds. The first-order chi connectivity index (χ1) is 6.26. The number of hydrogen-bond acceptors (Lipinski definition) is 1. The molecule has 0 N–H and O–H groups in total. The number of allylic oxidation sites excluding steroid dienone is 8. The smallest absolute Gasteiger partial charge is 0.150 e. The van der Waals surface area contributed by atoms with Crippen LogP contribution in [0.4, 0.5) is 0 Å². The Labute approximate surface area is 79.5 Å². The van der Waals surface area contributed by atoms with Crippen LogP contribution in [0.15, 0.2) is 60.8 Å². The van der Waals surface area contributed by atoms with Crippen molar-refractivity contribution < 1.29 is 4.79 Å². The summed E-state index contributed by atoms with van der Waals surface area (Å²) in [5.41, 5.74) is 1.24. The van der Waals surface area contributed by atoms with Gasteiger partial charge in [-0.2, -0.15) is 0 Å². The van der Waals surface area contributed by atoms with Crippen LogP contribution in [0, 0.1) is 0 Å². The highest BCUT2D eigenvalue weighted by atomic mass is 16.1. The van der Waals surface area contributed by atoms with Crippen molar-refractivity contribution in [3.63, 3.8) is 0 Å². The molecule has 0 heterocycles. The molecular weight excluding hydrogens is 160 g/mol. The zero-order chi connectivity index (χ0) is 10.1. The fraction of sp³-hybridized carbons (Fsp3) is 0.0833. The Bertz CT molecular complexity index is 277. The van der Waals surface area contributed by atoms with Gasteiger partial charge in [0.05, 0.1) is 0 Å². The number of carbonyl (C=O) groups is 1. The number of rotatable bonds is 5. The maximum absolute atomic E-state index is 10.5. The molecule has 13 heavy (non-hydrogen) atoms. The number of hydrogen-bond donors (Lipinski definition) is 0. The van der Waals surface area contributed by atoms with Gasteiger partial charge in [0.25, 0.3) is 0 Å². The van der Waals surface area contributed by atoms with Gasteiger partial charge in [0.2, 0.25) is 0 Å². The van der Waals surface area contributed by atoms with E-state index in [2.05, 4.69) is 13.2 Å². The SMILES string of the molecule is C=C/C=C(/C=O)C(=C)/C=C\C=C/C. The molecule has 0 saturated carbocycles. The topological polar surface area (TPSA) is 17.1 Å². The van der Waals surface area contributed by atoms with E-state index in [4.69, 9.17) is 0 Å². The minimum atomic E-state index is 0.552. The van der Waals surface area contributed by atoms with E-state index in [0.29, 0.717) is 11.1 Å². The Morgan fingerprint density at radius 1 is 1.31 bits per heavy atom. The maximum Gasteiger partial charge on any atom is 0.150 e. The van der Waals surface area contributed by atoms with Crippen molar-refractivity contribution in [1.82, 2.24) is 0 Å². The summed E-state index contributed by atoms with van der Waals surface area (Å²) in [6.45, 7) is 9.19. The van der Waals surface area contributed by atoms with Crippen LogP contribution in [-0.4, -0.2) is 6.29 Å². The Morgan fingerprint density at radius 2 is 2.00 bits per heavy atom. The third-order valence-corrected chi connectivity index (χ3v) is 1.40. The molecule has 0 aromatic carbocycles. The van der Waals surface area contributed by atoms with Crippen molar-refractivity contribution in [2.75, 3.05) is 0 Å². The van der Waals surface area contributed by atoms with E-state index in [0.717, 1.165) is 6.29 Å². The summed E-state index contributed by atoms with van der Waals surface area (Å²) in [6, 6.07) is 0. The summed E-state index contributed by atoms with van der Waals surface area (Å²) in [5, 5.41) is 0. The lowest BCUT2D eigenvalue weighted by Gasteiger charge is -1.95. The first kappa shape index (κ1) is 11.4. The standard InChI is InChI=1S/C12H14O/c1-4-6-7-9-11(3)12(10-13)8-5-2/h4-10H,2-3H2,1H3/b6-4-,9-7-,12-8-. The molecule has 1 nitrogen and oxygen atoms in total. The average Bonchev–Trinajstić information content (AvgIpc) is 2.14. The summed E-state index contributed by atoms with van der Waals surface area (Å²) in [7, 11) is 0. The highest BCUT2D eigenvalue weighted by Gasteiger charge is 1.94. The van der Waals surface area contributed by atoms with Gasteiger partial charge in [-0.1, -0.05) is 49.6 Å². The van der Waals surface area contributed by atoms with Crippen LogP contribution in [0.5, 0.6) is 0 Å². The van der Waals surface area contributed by atoms with Crippen LogP contribution < -0.4 is 0 Å². The molecule has 0 aliphatic rings. The van der Waals surface area contributed by atoms with Gasteiger partial charge in [-0.15, -0.1) is 0 Å². The molecule has 0 aliphatic heterocycles. The number of aldehydes is 1. The average molecular weight is 174 g/mol. The molecule has 0 saturated heterocycles. The minimum absolute atomic E-state index is 0.552. The van der Waals surface area contributed by atoms with Crippen LogP contribution in [0.2, 0.25) is 0 Å². The van der Waals surface area contributed by atoms with Crippen molar-refractivity contribution in [3.8, 4) is 0 Å². The van der Waals surface area contributed by atoms with Crippen LogP contribution in [-0.2, 0) is 4.79 Å². The van der Waals surface area contributed by atoms with E-state index in [1.807, 2.05) is 25.2 Å². The Kier molecular flexibility index (Phi) is 6.16. The molecule has 0 rings (SSSR count). The molecule has 0 bridgehead atoms. The Morgan fingerprint density at radius 3 is 2.46 bits per heavy atom. The first-order valence-electron chi connectivity index (χ1n) is 4.02. The molecule has 0 aliphatic carbocycles. The summed E-state index contributed by atoms with van der Waals surface area (Å²) in [5.74, 6) is 0. The van der Waals surface area contributed by atoms with Gasteiger partial charge in [-0.05, 0) is 12.5 Å². The second-order valence-electron chi connectivity index (χ2n) is 2.39. The van der Waals surface area contributed by atoms with E-state index in [1.54, 1.807) is 18.2 Å². The first-order valence-corrected chi connectivity index (χ1v) is 4.02. The second-order valence-corrected chi connectivity index (χ2v) is 2.39. The van der Waals surface area contributed by atoms with Crippen molar-refractivity contribution >= 4 is 6.29 Å². The van der Waals surface area contributed by atoms with Gasteiger partial charge >= 0.3 is 0 Å². The summed E-state index contributed by atoms with van der Waals surface area (Å²) >= 11 is 0.